The Balaban J connectivity index is 1.27. The van der Waals surface area contributed by atoms with E-state index in [1.54, 1.807) is 0 Å². The lowest BCUT2D eigenvalue weighted by molar-refractivity contribution is 0.310. The molecule has 2 heterocycles. The van der Waals surface area contributed by atoms with E-state index in [0.717, 1.165) is 24.9 Å². The molecular formula is C19H25N3. The van der Waals surface area contributed by atoms with Crippen LogP contribution >= 0.6 is 0 Å². The van der Waals surface area contributed by atoms with Crippen LogP contribution in [0.25, 0.3) is 0 Å². The molecule has 1 aliphatic carbocycles. The van der Waals surface area contributed by atoms with Crippen LogP contribution in [0, 0.1) is 5.92 Å². The van der Waals surface area contributed by atoms with Crippen molar-refractivity contribution in [1.29, 1.82) is 0 Å². The molecule has 0 bridgehead atoms. The van der Waals surface area contributed by atoms with Crippen LogP contribution in [-0.2, 0) is 13.1 Å². The maximum atomic E-state index is 4.55. The van der Waals surface area contributed by atoms with Gasteiger partial charge in [0.15, 0.2) is 0 Å². The Kier molecular flexibility index (Phi) is 3.98. The van der Waals surface area contributed by atoms with Crippen LogP contribution in [0.4, 0.5) is 0 Å². The van der Waals surface area contributed by atoms with Crippen LogP contribution in [0.1, 0.15) is 43.0 Å². The first-order valence-electron chi connectivity index (χ1n) is 8.66. The monoisotopic (exact) mass is 295 g/mol. The van der Waals surface area contributed by atoms with E-state index in [2.05, 4.69) is 51.0 Å². The summed E-state index contributed by atoms with van der Waals surface area (Å²) in [7, 11) is 0. The molecule has 1 atom stereocenters. The molecule has 1 aromatic heterocycles. The molecule has 0 spiro atoms. The molecule has 1 aliphatic heterocycles. The molecule has 0 amide bonds. The Labute approximate surface area is 133 Å². The minimum Gasteiger partial charge on any atom is -0.335 e. The summed E-state index contributed by atoms with van der Waals surface area (Å²) in [5.74, 6) is 2.94. The Morgan fingerprint density at radius 3 is 2.77 bits per heavy atom. The molecule has 3 nitrogen and oxygen atoms in total. The van der Waals surface area contributed by atoms with Crippen LogP contribution in [0.2, 0.25) is 0 Å². The third-order valence-electron chi connectivity index (χ3n) is 5.09. The molecule has 1 saturated carbocycles. The van der Waals surface area contributed by atoms with Crippen molar-refractivity contribution in [3.8, 4) is 0 Å². The minimum absolute atomic E-state index is 0.758. The second kappa shape index (κ2) is 6.25. The molecule has 2 aromatic rings. The van der Waals surface area contributed by atoms with Crippen molar-refractivity contribution in [3.05, 3.63) is 54.1 Å². The number of likely N-dealkylation sites (tertiary alicyclic amines) is 1. The maximum absolute atomic E-state index is 4.55. The van der Waals surface area contributed by atoms with Crippen molar-refractivity contribution < 1.29 is 0 Å². The fourth-order valence-corrected chi connectivity index (χ4v) is 3.67. The zero-order valence-electron chi connectivity index (χ0n) is 13.2. The molecule has 2 fully saturated rings. The first-order valence-corrected chi connectivity index (χ1v) is 8.66. The lowest BCUT2D eigenvalue weighted by Crippen LogP contribution is -2.20. The molecule has 0 radical (unpaired) electrons. The van der Waals surface area contributed by atoms with Crippen LogP contribution < -0.4 is 0 Å². The summed E-state index contributed by atoms with van der Waals surface area (Å²) < 4.78 is 2.40. The zero-order valence-corrected chi connectivity index (χ0v) is 13.2. The van der Waals surface area contributed by atoms with Crippen molar-refractivity contribution in [1.82, 2.24) is 14.5 Å². The number of hydrogen-bond acceptors (Lipinski definition) is 2. The van der Waals surface area contributed by atoms with Crippen LogP contribution in [0.5, 0.6) is 0 Å². The van der Waals surface area contributed by atoms with E-state index in [9.17, 15) is 0 Å². The van der Waals surface area contributed by atoms with Gasteiger partial charge in [0.05, 0.1) is 0 Å². The highest BCUT2D eigenvalue weighted by Gasteiger charge is 2.28. The van der Waals surface area contributed by atoms with Gasteiger partial charge in [-0.3, -0.25) is 4.90 Å². The number of benzene rings is 1. The number of rotatable bonds is 6. The zero-order chi connectivity index (χ0) is 14.8. The van der Waals surface area contributed by atoms with E-state index in [4.69, 9.17) is 0 Å². The molecule has 0 unspecified atom stereocenters. The molecule has 1 aromatic carbocycles. The third-order valence-corrected chi connectivity index (χ3v) is 5.09. The molecule has 0 N–H and O–H groups in total. The van der Waals surface area contributed by atoms with Crippen molar-refractivity contribution in [3.63, 3.8) is 0 Å². The first kappa shape index (κ1) is 14.0. The van der Waals surface area contributed by atoms with E-state index < -0.39 is 0 Å². The summed E-state index contributed by atoms with van der Waals surface area (Å²) in [5, 5.41) is 0. The summed E-state index contributed by atoms with van der Waals surface area (Å²) in [6.45, 7) is 4.76. The number of aryl methyl sites for hydroxylation is 1. The summed E-state index contributed by atoms with van der Waals surface area (Å²) in [6.07, 6.45) is 9.46. The Hall–Kier alpha value is -1.61. The third kappa shape index (κ3) is 3.25. The number of aromatic nitrogens is 2. The van der Waals surface area contributed by atoms with E-state index in [1.807, 2.05) is 6.20 Å². The van der Waals surface area contributed by atoms with Crippen LogP contribution in [-0.4, -0.2) is 27.5 Å². The first-order chi connectivity index (χ1) is 10.9. The summed E-state index contributed by atoms with van der Waals surface area (Å²) in [6, 6.07) is 10.9. The summed E-state index contributed by atoms with van der Waals surface area (Å²) >= 11 is 0. The SMILES string of the molecule is c1ccc(CN2CC[C@H](CCn3ccnc3C3CC3)C2)cc1. The quantitative estimate of drug-likeness (QED) is 0.810. The standard InChI is InChI=1S/C19H25N3/c1-2-4-16(5-3-1)14-21-11-8-17(15-21)9-12-22-13-10-20-19(22)18-6-7-18/h1-5,10,13,17-18H,6-9,11-12,14-15H2/t17-/m1/s1. The predicted molar refractivity (Wildman–Crippen MR) is 88.6 cm³/mol. The van der Waals surface area contributed by atoms with Gasteiger partial charge in [0.25, 0.3) is 0 Å². The highest BCUT2D eigenvalue weighted by Crippen LogP contribution is 2.39. The number of nitrogens with zero attached hydrogens (tertiary/aromatic N) is 3. The molecule has 3 heteroatoms. The Bertz CT molecular complexity index is 600. The fraction of sp³-hybridized carbons (Fsp3) is 0.526. The van der Waals surface area contributed by atoms with Gasteiger partial charge >= 0.3 is 0 Å². The normalized spacial score (nSPS) is 22.3. The van der Waals surface area contributed by atoms with Gasteiger partial charge < -0.3 is 4.57 Å². The fourth-order valence-electron chi connectivity index (χ4n) is 3.67. The molecule has 2 aliphatic rings. The number of imidazole rings is 1. The van der Waals surface area contributed by atoms with Crippen LogP contribution in [0.15, 0.2) is 42.7 Å². The van der Waals surface area contributed by atoms with E-state index in [-0.39, 0.29) is 0 Å². The van der Waals surface area contributed by atoms with E-state index in [0.29, 0.717) is 0 Å². The summed E-state index contributed by atoms with van der Waals surface area (Å²) in [4.78, 5) is 7.15. The lowest BCUT2D eigenvalue weighted by Gasteiger charge is -2.16. The van der Waals surface area contributed by atoms with Crippen LogP contribution in [0.3, 0.4) is 0 Å². The molecule has 116 valence electrons. The van der Waals surface area contributed by atoms with Gasteiger partial charge in [-0.15, -0.1) is 0 Å². The topological polar surface area (TPSA) is 21.1 Å². The van der Waals surface area contributed by atoms with Gasteiger partial charge in [-0.25, -0.2) is 4.98 Å². The second-order valence-corrected chi connectivity index (χ2v) is 6.92. The average molecular weight is 295 g/mol. The van der Waals surface area contributed by atoms with Gasteiger partial charge in [0.2, 0.25) is 0 Å². The molecular weight excluding hydrogens is 270 g/mol. The van der Waals surface area contributed by atoms with Crippen molar-refractivity contribution in [2.45, 2.75) is 44.7 Å². The van der Waals surface area contributed by atoms with Gasteiger partial charge in [-0.1, -0.05) is 30.3 Å². The second-order valence-electron chi connectivity index (χ2n) is 6.92. The van der Waals surface area contributed by atoms with Gasteiger partial charge in [-0.05, 0) is 43.7 Å². The smallest absolute Gasteiger partial charge is 0.111 e. The highest BCUT2D eigenvalue weighted by atomic mass is 15.1. The van der Waals surface area contributed by atoms with Crippen molar-refractivity contribution in [2.24, 2.45) is 5.92 Å². The predicted octanol–water partition coefficient (Wildman–Crippen LogP) is 3.67. The summed E-state index contributed by atoms with van der Waals surface area (Å²) in [5.41, 5.74) is 1.44. The molecule has 1 saturated heterocycles. The molecule has 22 heavy (non-hydrogen) atoms. The molecule has 4 rings (SSSR count). The Morgan fingerprint density at radius 1 is 1.09 bits per heavy atom. The van der Waals surface area contributed by atoms with Gasteiger partial charge in [0.1, 0.15) is 5.82 Å². The van der Waals surface area contributed by atoms with E-state index >= 15 is 0 Å². The maximum Gasteiger partial charge on any atom is 0.111 e. The minimum atomic E-state index is 0.758. The highest BCUT2D eigenvalue weighted by molar-refractivity contribution is 5.14. The van der Waals surface area contributed by atoms with Crippen molar-refractivity contribution >= 4 is 0 Å². The largest absolute Gasteiger partial charge is 0.335 e. The lowest BCUT2D eigenvalue weighted by atomic mass is 10.1. The van der Waals surface area contributed by atoms with Crippen molar-refractivity contribution in [2.75, 3.05) is 13.1 Å². The average Bonchev–Trinajstić information content (AvgIpc) is 3.11. The van der Waals surface area contributed by atoms with E-state index in [1.165, 1.54) is 50.2 Å². The Morgan fingerprint density at radius 2 is 1.95 bits per heavy atom. The van der Waals surface area contributed by atoms with Gasteiger partial charge in [0, 0.05) is 37.9 Å². The van der Waals surface area contributed by atoms with Gasteiger partial charge in [-0.2, -0.15) is 0 Å². The number of hydrogen-bond donors (Lipinski definition) is 0.